The third-order valence-electron chi connectivity index (χ3n) is 2.16. The lowest BCUT2D eigenvalue weighted by molar-refractivity contribution is -0.385. The number of nitrogens with zero attached hydrogens (tertiary/aromatic N) is 3. The van der Waals surface area contributed by atoms with Crippen molar-refractivity contribution < 1.29 is 14.6 Å². The molecule has 0 bridgehead atoms. The molecule has 7 heteroatoms. The first-order valence-corrected chi connectivity index (χ1v) is 4.99. The van der Waals surface area contributed by atoms with E-state index >= 15 is 0 Å². The first kappa shape index (κ1) is 11.8. The van der Waals surface area contributed by atoms with Crippen LogP contribution >= 0.6 is 0 Å². The van der Waals surface area contributed by atoms with Crippen LogP contribution in [0.4, 0.5) is 11.5 Å². The number of hydrogen-bond donors (Lipinski definition) is 0. The summed E-state index contributed by atoms with van der Waals surface area (Å²) in [6.07, 6.45) is 1.23. The van der Waals surface area contributed by atoms with E-state index in [1.54, 1.807) is 13.0 Å². The maximum absolute atomic E-state index is 11.5. The van der Waals surface area contributed by atoms with E-state index in [9.17, 15) is 15.2 Å². The largest absolute Gasteiger partial charge is 0.872 e. The number of aliphatic imine (C=N–C) groups is 1. The number of nitro benzene ring substituents is 1. The van der Waals surface area contributed by atoms with Gasteiger partial charge < -0.3 is 9.63 Å². The predicted octanol–water partition coefficient (Wildman–Crippen LogP) is 1.72. The average Bonchev–Trinajstić information content (AvgIpc) is 2.74. The van der Waals surface area contributed by atoms with Gasteiger partial charge in [0, 0.05) is 24.4 Å². The molecule has 0 aliphatic heterocycles. The van der Waals surface area contributed by atoms with Crippen LogP contribution in [0, 0.1) is 17.0 Å². The van der Waals surface area contributed by atoms with Crippen molar-refractivity contribution in [3.8, 4) is 5.75 Å². The number of aryl methyl sites for hydroxylation is 1. The fourth-order valence-corrected chi connectivity index (χ4v) is 1.30. The molecule has 7 nitrogen and oxygen atoms in total. The number of benzene rings is 1. The normalized spacial score (nSPS) is 10.9. The standard InChI is InChI=1S/C11H9N3O4/c1-7-4-11(13-18-7)12-6-8-5-9(14(16)17)2-3-10(8)15/h2-6,15H,1H3/p-1. The Hall–Kier alpha value is -2.70. The van der Waals surface area contributed by atoms with Gasteiger partial charge in [-0.1, -0.05) is 17.0 Å². The fourth-order valence-electron chi connectivity index (χ4n) is 1.30. The highest BCUT2D eigenvalue weighted by Gasteiger charge is 2.05. The van der Waals surface area contributed by atoms with Gasteiger partial charge in [-0.3, -0.25) is 10.1 Å². The molecule has 0 aliphatic carbocycles. The Morgan fingerprint density at radius 2 is 2.22 bits per heavy atom. The minimum absolute atomic E-state index is 0.129. The lowest BCUT2D eigenvalue weighted by atomic mass is 10.2. The Kier molecular flexibility index (Phi) is 3.05. The van der Waals surface area contributed by atoms with Crippen LogP contribution in [0.1, 0.15) is 11.3 Å². The van der Waals surface area contributed by atoms with Crippen molar-refractivity contribution in [1.29, 1.82) is 0 Å². The molecule has 1 heterocycles. The second-order valence-electron chi connectivity index (χ2n) is 3.53. The second kappa shape index (κ2) is 4.66. The molecule has 0 saturated heterocycles. The van der Waals surface area contributed by atoms with E-state index in [2.05, 4.69) is 10.1 Å². The number of hydrogen-bond acceptors (Lipinski definition) is 6. The van der Waals surface area contributed by atoms with E-state index < -0.39 is 4.92 Å². The van der Waals surface area contributed by atoms with Crippen molar-refractivity contribution in [1.82, 2.24) is 5.16 Å². The maximum Gasteiger partial charge on any atom is 0.270 e. The van der Waals surface area contributed by atoms with E-state index in [0.29, 0.717) is 11.6 Å². The van der Waals surface area contributed by atoms with Crippen LogP contribution in [0.25, 0.3) is 0 Å². The molecule has 2 rings (SSSR count). The van der Waals surface area contributed by atoms with Crippen LogP contribution in [0.5, 0.6) is 5.75 Å². The highest BCUT2D eigenvalue weighted by molar-refractivity contribution is 5.85. The quantitative estimate of drug-likeness (QED) is 0.465. The molecule has 0 N–H and O–H groups in total. The molecule has 18 heavy (non-hydrogen) atoms. The second-order valence-corrected chi connectivity index (χ2v) is 3.53. The highest BCUT2D eigenvalue weighted by Crippen LogP contribution is 2.20. The molecule has 0 spiro atoms. The summed E-state index contributed by atoms with van der Waals surface area (Å²) >= 11 is 0. The van der Waals surface area contributed by atoms with Crippen molar-refractivity contribution in [2.24, 2.45) is 4.99 Å². The SMILES string of the molecule is Cc1cc(N=Cc2cc([N+](=O)[O-])ccc2[O-])no1. The lowest BCUT2D eigenvalue weighted by Crippen LogP contribution is -1.98. The summed E-state index contributed by atoms with van der Waals surface area (Å²) in [5, 5.41) is 25.6. The summed E-state index contributed by atoms with van der Waals surface area (Å²) in [5.41, 5.74) is -0.0303. The Morgan fingerprint density at radius 1 is 1.44 bits per heavy atom. The van der Waals surface area contributed by atoms with Gasteiger partial charge in [-0.2, -0.15) is 0 Å². The van der Waals surface area contributed by atoms with E-state index in [1.165, 1.54) is 12.3 Å². The van der Waals surface area contributed by atoms with Crippen LogP contribution in [0.15, 0.2) is 33.8 Å². The van der Waals surface area contributed by atoms with E-state index in [1.807, 2.05) is 0 Å². The van der Waals surface area contributed by atoms with Crippen LogP contribution in [-0.2, 0) is 0 Å². The summed E-state index contributed by atoms with van der Waals surface area (Å²) in [6, 6.07) is 5.03. The van der Waals surface area contributed by atoms with Crippen LogP contribution in [0.2, 0.25) is 0 Å². The molecule has 0 amide bonds. The smallest absolute Gasteiger partial charge is 0.270 e. The molecule has 0 aliphatic rings. The molecule has 0 fully saturated rings. The van der Waals surface area contributed by atoms with Gasteiger partial charge in [0.25, 0.3) is 5.69 Å². The highest BCUT2D eigenvalue weighted by atomic mass is 16.6. The van der Waals surface area contributed by atoms with E-state index in [-0.39, 0.29) is 17.0 Å². The Morgan fingerprint density at radius 3 is 2.83 bits per heavy atom. The van der Waals surface area contributed by atoms with Gasteiger partial charge in [-0.05, 0) is 12.5 Å². The maximum atomic E-state index is 11.5. The van der Waals surface area contributed by atoms with Crippen LogP contribution in [0.3, 0.4) is 0 Å². The zero-order chi connectivity index (χ0) is 13.1. The Balaban J connectivity index is 2.30. The van der Waals surface area contributed by atoms with E-state index in [0.717, 1.165) is 12.1 Å². The fraction of sp³-hybridized carbons (Fsp3) is 0.0909. The van der Waals surface area contributed by atoms with E-state index in [4.69, 9.17) is 4.52 Å². The number of aromatic nitrogens is 1. The monoisotopic (exact) mass is 246 g/mol. The van der Waals surface area contributed by atoms with Gasteiger partial charge in [0.2, 0.25) is 0 Å². The summed E-state index contributed by atoms with van der Waals surface area (Å²) in [4.78, 5) is 13.9. The molecule has 0 unspecified atom stereocenters. The first-order chi connectivity index (χ1) is 8.56. The molecule has 92 valence electrons. The summed E-state index contributed by atoms with van der Waals surface area (Å²) in [6.45, 7) is 1.71. The molecule has 2 aromatic rings. The number of rotatable bonds is 3. The minimum Gasteiger partial charge on any atom is -0.872 e. The van der Waals surface area contributed by atoms with Gasteiger partial charge in [-0.25, -0.2) is 4.99 Å². The summed E-state index contributed by atoms with van der Waals surface area (Å²) in [5.74, 6) is 0.548. The predicted molar refractivity (Wildman–Crippen MR) is 61.0 cm³/mol. The summed E-state index contributed by atoms with van der Waals surface area (Å²) < 4.78 is 4.80. The molecule has 0 radical (unpaired) electrons. The topological polar surface area (TPSA) is 105 Å². The zero-order valence-corrected chi connectivity index (χ0v) is 9.36. The summed E-state index contributed by atoms with van der Waals surface area (Å²) in [7, 11) is 0. The number of non-ortho nitro benzene ring substituents is 1. The van der Waals surface area contributed by atoms with Crippen LogP contribution < -0.4 is 5.11 Å². The van der Waals surface area contributed by atoms with Crippen molar-refractivity contribution in [3.63, 3.8) is 0 Å². The van der Waals surface area contributed by atoms with Gasteiger partial charge in [0.15, 0.2) is 5.82 Å². The number of nitro groups is 1. The van der Waals surface area contributed by atoms with Gasteiger partial charge >= 0.3 is 0 Å². The average molecular weight is 246 g/mol. The lowest BCUT2D eigenvalue weighted by Gasteiger charge is -2.07. The molecule has 1 aromatic carbocycles. The van der Waals surface area contributed by atoms with Crippen molar-refractivity contribution in [2.75, 3.05) is 0 Å². The van der Waals surface area contributed by atoms with Crippen LogP contribution in [-0.4, -0.2) is 16.3 Å². The molecular weight excluding hydrogens is 238 g/mol. The van der Waals surface area contributed by atoms with Crippen molar-refractivity contribution in [3.05, 3.63) is 45.7 Å². The first-order valence-electron chi connectivity index (χ1n) is 4.99. The Bertz CT molecular complexity index is 619. The van der Waals surface area contributed by atoms with Gasteiger partial charge in [0.05, 0.1) is 4.92 Å². The Labute approximate surface area is 102 Å². The third kappa shape index (κ3) is 2.51. The van der Waals surface area contributed by atoms with Gasteiger partial charge in [0.1, 0.15) is 5.76 Å². The molecule has 0 atom stereocenters. The third-order valence-corrected chi connectivity index (χ3v) is 2.16. The molecular formula is C11H8N3O4-. The zero-order valence-electron chi connectivity index (χ0n) is 9.36. The minimum atomic E-state index is -0.572. The van der Waals surface area contributed by atoms with Gasteiger partial charge in [-0.15, -0.1) is 0 Å². The molecule has 0 saturated carbocycles. The van der Waals surface area contributed by atoms with Crippen molar-refractivity contribution >= 4 is 17.7 Å². The van der Waals surface area contributed by atoms with Crippen molar-refractivity contribution in [2.45, 2.75) is 6.92 Å². The molecule has 1 aromatic heterocycles.